The Morgan fingerprint density at radius 2 is 2.16 bits per heavy atom. The Morgan fingerprint density at radius 1 is 1.34 bits per heavy atom. The number of piperidine rings is 1. The Hall–Kier alpha value is -4.24. The molecule has 1 aromatic heterocycles. The maximum absolute atomic E-state index is 11.8. The largest absolute Gasteiger partial charge is 0.356 e. The van der Waals surface area contributed by atoms with Crippen LogP contribution in [0.25, 0.3) is 22.4 Å². The quantitative estimate of drug-likeness (QED) is 0.170. The average Bonchev–Trinajstić information content (AvgIpc) is 2.94. The summed E-state index contributed by atoms with van der Waals surface area (Å²) in [7, 11) is 3.56. The van der Waals surface area contributed by atoms with E-state index in [-0.39, 0.29) is 5.91 Å². The maximum atomic E-state index is 11.8. The van der Waals surface area contributed by atoms with Gasteiger partial charge in [-0.3, -0.25) is 9.79 Å². The van der Waals surface area contributed by atoms with E-state index in [0.29, 0.717) is 36.7 Å². The first-order valence-electron chi connectivity index (χ1n) is 13.0. The van der Waals surface area contributed by atoms with E-state index >= 15 is 0 Å². The lowest BCUT2D eigenvalue weighted by atomic mass is 9.90. The number of hydrogen-bond acceptors (Lipinski definition) is 5. The maximum Gasteiger partial charge on any atom is 0.220 e. The van der Waals surface area contributed by atoms with Gasteiger partial charge in [0.1, 0.15) is 0 Å². The molecule has 6 nitrogen and oxygen atoms in total. The first kappa shape index (κ1) is 28.3. The lowest BCUT2D eigenvalue weighted by molar-refractivity contribution is -0.123. The summed E-state index contributed by atoms with van der Waals surface area (Å²) in [5.41, 5.74) is 6.57. The Bertz CT molecular complexity index is 1310. The summed E-state index contributed by atoms with van der Waals surface area (Å²) in [6.07, 6.45) is 16.8. The zero-order chi connectivity index (χ0) is 27.5. The van der Waals surface area contributed by atoms with Crippen molar-refractivity contribution in [3.05, 3.63) is 78.1 Å². The van der Waals surface area contributed by atoms with Gasteiger partial charge in [0.2, 0.25) is 5.91 Å². The Morgan fingerprint density at radius 3 is 2.84 bits per heavy atom. The molecule has 0 radical (unpaired) electrons. The summed E-state index contributed by atoms with van der Waals surface area (Å²) in [4.78, 5) is 22.7. The number of carbonyl (C=O) groups is 1. The summed E-state index contributed by atoms with van der Waals surface area (Å²) >= 11 is 0. The highest BCUT2D eigenvalue weighted by Gasteiger charge is 2.21. The molecule has 1 aliphatic rings. The SMILES string of the molecule is C#CN(C)/C=C(\C=C)c1cccc(-c2ccc(/C(C=NC)=C/CC)c(C(=N)CCC3CCNC(=O)C3)n2)c1. The second kappa shape index (κ2) is 13.9. The molecular weight excluding hydrogens is 470 g/mol. The van der Waals surface area contributed by atoms with Crippen LogP contribution >= 0.6 is 0 Å². The number of aliphatic imine (C=N–C) groups is 1. The van der Waals surface area contributed by atoms with Crippen molar-refractivity contribution in [3.8, 4) is 23.7 Å². The van der Waals surface area contributed by atoms with Crippen LogP contribution in [0, 0.1) is 23.8 Å². The summed E-state index contributed by atoms with van der Waals surface area (Å²) in [6.45, 7) is 6.73. The van der Waals surface area contributed by atoms with Crippen molar-refractivity contribution in [1.82, 2.24) is 15.2 Å². The minimum Gasteiger partial charge on any atom is -0.356 e. The lowest BCUT2D eigenvalue weighted by Crippen LogP contribution is -2.33. The first-order chi connectivity index (χ1) is 18.4. The van der Waals surface area contributed by atoms with E-state index in [0.717, 1.165) is 52.8 Å². The molecule has 1 amide bonds. The van der Waals surface area contributed by atoms with E-state index in [9.17, 15) is 4.79 Å². The van der Waals surface area contributed by atoms with Crippen LogP contribution in [0.2, 0.25) is 0 Å². The van der Waals surface area contributed by atoms with Gasteiger partial charge in [-0.25, -0.2) is 4.98 Å². The van der Waals surface area contributed by atoms with Gasteiger partial charge in [-0.15, -0.1) is 0 Å². The van der Waals surface area contributed by atoms with Crippen LogP contribution < -0.4 is 5.32 Å². The number of carbonyl (C=O) groups excluding carboxylic acids is 1. The molecule has 2 aromatic rings. The van der Waals surface area contributed by atoms with Crippen molar-refractivity contribution in [2.24, 2.45) is 10.9 Å². The van der Waals surface area contributed by atoms with Gasteiger partial charge in [-0.2, -0.15) is 0 Å². The molecule has 1 fully saturated rings. The number of nitrogens with zero attached hydrogens (tertiary/aromatic N) is 3. The summed E-state index contributed by atoms with van der Waals surface area (Å²) in [6, 6.07) is 14.7. The standard InChI is InChI=1S/C32H37N5O/c1-6-10-27(21-34-4)28-14-16-30(26-12-9-11-25(20-26)24(7-2)22-37(5)8-3)36-32(28)29(33)15-13-23-17-18-35-31(38)19-23/h3,7,9-12,14,16,20-23,33H,2,6,13,15,17-19H2,1,4-5H3,(H,35,38)/b24-22+,27-10+,33-29?,34-21?. The second-order valence-electron chi connectivity index (χ2n) is 9.38. The monoisotopic (exact) mass is 507 g/mol. The number of terminal acetylenes is 1. The molecule has 1 atom stereocenters. The van der Waals surface area contributed by atoms with Crippen LogP contribution in [-0.2, 0) is 4.79 Å². The highest BCUT2D eigenvalue weighted by atomic mass is 16.1. The van der Waals surface area contributed by atoms with Crippen LogP contribution in [0.3, 0.4) is 0 Å². The molecule has 1 saturated heterocycles. The molecule has 2 heterocycles. The summed E-state index contributed by atoms with van der Waals surface area (Å²) in [5, 5.41) is 11.9. The van der Waals surface area contributed by atoms with Crippen molar-refractivity contribution < 1.29 is 4.79 Å². The Balaban J connectivity index is 2.01. The molecule has 1 aromatic carbocycles. The minimum absolute atomic E-state index is 0.0992. The molecule has 0 saturated carbocycles. The molecule has 0 bridgehead atoms. The van der Waals surface area contributed by atoms with E-state index in [2.05, 4.69) is 42.0 Å². The molecule has 0 aliphatic carbocycles. The number of aromatic nitrogens is 1. The van der Waals surface area contributed by atoms with Crippen molar-refractivity contribution in [2.45, 2.75) is 39.0 Å². The van der Waals surface area contributed by atoms with Gasteiger partial charge in [0, 0.05) is 56.6 Å². The number of hydrogen-bond donors (Lipinski definition) is 2. The van der Waals surface area contributed by atoms with Crippen LogP contribution in [0.15, 0.2) is 66.3 Å². The fourth-order valence-corrected chi connectivity index (χ4v) is 4.59. The fourth-order valence-electron chi connectivity index (χ4n) is 4.59. The lowest BCUT2D eigenvalue weighted by Gasteiger charge is -2.22. The van der Waals surface area contributed by atoms with Crippen LogP contribution in [-0.4, -0.2) is 48.4 Å². The summed E-state index contributed by atoms with van der Waals surface area (Å²) < 4.78 is 0. The van der Waals surface area contributed by atoms with Gasteiger partial charge in [0.25, 0.3) is 0 Å². The number of nitrogens with one attached hydrogen (secondary N) is 2. The van der Waals surface area contributed by atoms with Gasteiger partial charge < -0.3 is 15.6 Å². The predicted molar refractivity (Wildman–Crippen MR) is 159 cm³/mol. The van der Waals surface area contributed by atoms with Gasteiger partial charge in [-0.05, 0) is 66.5 Å². The van der Waals surface area contributed by atoms with Crippen LogP contribution in [0.5, 0.6) is 0 Å². The molecular formula is C32H37N5O. The van der Waals surface area contributed by atoms with Crippen LogP contribution in [0.4, 0.5) is 0 Å². The number of pyridine rings is 1. The highest BCUT2D eigenvalue weighted by molar-refractivity contribution is 6.14. The van der Waals surface area contributed by atoms with Gasteiger partial charge in [0.05, 0.1) is 17.1 Å². The third-order valence-electron chi connectivity index (χ3n) is 6.58. The second-order valence-corrected chi connectivity index (χ2v) is 9.38. The third kappa shape index (κ3) is 7.39. The number of benzene rings is 1. The van der Waals surface area contributed by atoms with E-state index in [1.165, 1.54) is 0 Å². The van der Waals surface area contributed by atoms with E-state index in [1.807, 2.05) is 49.8 Å². The molecule has 6 heteroatoms. The predicted octanol–water partition coefficient (Wildman–Crippen LogP) is 5.97. The first-order valence-corrected chi connectivity index (χ1v) is 13.0. The molecule has 0 spiro atoms. The van der Waals surface area contributed by atoms with E-state index < -0.39 is 0 Å². The van der Waals surface area contributed by atoms with Gasteiger partial charge >= 0.3 is 0 Å². The van der Waals surface area contributed by atoms with Gasteiger partial charge in [0.15, 0.2) is 0 Å². The Kier molecular flexibility index (Phi) is 10.4. The summed E-state index contributed by atoms with van der Waals surface area (Å²) in [5.74, 6) is 0.391. The van der Waals surface area contributed by atoms with Crippen molar-refractivity contribution in [2.75, 3.05) is 20.6 Å². The number of allylic oxidation sites excluding steroid dienone is 4. The molecule has 1 aliphatic heterocycles. The minimum atomic E-state index is 0.0992. The Labute approximate surface area is 226 Å². The average molecular weight is 508 g/mol. The molecule has 1 unspecified atom stereocenters. The van der Waals surface area contributed by atoms with Crippen molar-refractivity contribution in [3.63, 3.8) is 0 Å². The number of amides is 1. The zero-order valence-electron chi connectivity index (χ0n) is 22.6. The normalized spacial score (nSPS) is 16.2. The number of rotatable bonds is 11. The van der Waals surface area contributed by atoms with E-state index in [4.69, 9.17) is 16.8 Å². The van der Waals surface area contributed by atoms with Crippen LogP contribution in [0.1, 0.15) is 55.8 Å². The van der Waals surface area contributed by atoms with Crippen molar-refractivity contribution in [1.29, 1.82) is 5.41 Å². The highest BCUT2D eigenvalue weighted by Crippen LogP contribution is 2.28. The molecule has 38 heavy (non-hydrogen) atoms. The van der Waals surface area contributed by atoms with E-state index in [1.54, 1.807) is 18.0 Å². The molecule has 3 rings (SSSR count). The zero-order valence-corrected chi connectivity index (χ0v) is 22.6. The molecule has 2 N–H and O–H groups in total. The fraction of sp³-hybridized carbons (Fsp3) is 0.312. The topological polar surface area (TPSA) is 81.4 Å². The smallest absolute Gasteiger partial charge is 0.220 e. The molecule has 196 valence electrons. The third-order valence-corrected chi connectivity index (χ3v) is 6.58. The van der Waals surface area contributed by atoms with Crippen molar-refractivity contribution >= 4 is 29.0 Å². The van der Waals surface area contributed by atoms with Gasteiger partial charge in [-0.1, -0.05) is 50.3 Å².